The molecular formula is C23H27NO6S2. The summed E-state index contributed by atoms with van der Waals surface area (Å²) in [5.74, 6) is -0.0842. The van der Waals surface area contributed by atoms with E-state index in [1.807, 2.05) is 30.3 Å². The van der Waals surface area contributed by atoms with Gasteiger partial charge in [-0.2, -0.15) is 0 Å². The van der Waals surface area contributed by atoms with Gasteiger partial charge in [-0.25, -0.2) is 21.6 Å². The average molecular weight is 478 g/mol. The van der Waals surface area contributed by atoms with Crippen LogP contribution in [0, 0.1) is 0 Å². The van der Waals surface area contributed by atoms with Gasteiger partial charge in [0.25, 0.3) is 0 Å². The molecule has 1 unspecified atom stereocenters. The van der Waals surface area contributed by atoms with Gasteiger partial charge in [0.05, 0.1) is 41.5 Å². The van der Waals surface area contributed by atoms with E-state index in [0.29, 0.717) is 32.7 Å². The maximum absolute atomic E-state index is 12.8. The Morgan fingerprint density at radius 1 is 0.875 bits per heavy atom. The van der Waals surface area contributed by atoms with Gasteiger partial charge in [0, 0.05) is 6.54 Å². The first-order chi connectivity index (χ1) is 15.4. The maximum Gasteiger partial charge on any atom is 0.240 e. The molecule has 0 amide bonds. The van der Waals surface area contributed by atoms with Crippen LogP contribution in [0.1, 0.15) is 30.1 Å². The van der Waals surface area contributed by atoms with E-state index in [1.54, 1.807) is 0 Å². The van der Waals surface area contributed by atoms with Crippen LogP contribution in [-0.4, -0.2) is 49.0 Å². The molecule has 1 atom stereocenters. The van der Waals surface area contributed by atoms with Crippen LogP contribution in [0.25, 0.3) is 0 Å². The average Bonchev–Trinajstić information content (AvgIpc) is 3.06. The summed E-state index contributed by atoms with van der Waals surface area (Å²) in [7, 11) is -7.37. The lowest BCUT2D eigenvalue weighted by Gasteiger charge is -2.26. The third-order valence-corrected chi connectivity index (χ3v) is 8.86. The summed E-state index contributed by atoms with van der Waals surface area (Å²) >= 11 is 0. The predicted molar refractivity (Wildman–Crippen MR) is 121 cm³/mol. The topological polar surface area (TPSA) is 98.8 Å². The van der Waals surface area contributed by atoms with E-state index in [0.717, 1.165) is 23.1 Å². The number of hydrogen-bond acceptors (Lipinski definition) is 6. The van der Waals surface area contributed by atoms with Crippen molar-refractivity contribution in [2.75, 3.05) is 32.1 Å². The van der Waals surface area contributed by atoms with E-state index in [9.17, 15) is 16.8 Å². The molecule has 0 radical (unpaired) electrons. The van der Waals surface area contributed by atoms with Crippen molar-refractivity contribution in [1.29, 1.82) is 0 Å². The number of hydrogen-bond donors (Lipinski definition) is 1. The van der Waals surface area contributed by atoms with Crippen LogP contribution >= 0.6 is 0 Å². The monoisotopic (exact) mass is 477 g/mol. The Labute approximate surface area is 189 Å². The van der Waals surface area contributed by atoms with Gasteiger partial charge in [-0.15, -0.1) is 0 Å². The lowest BCUT2D eigenvalue weighted by atomic mass is 9.98. The highest BCUT2D eigenvalue weighted by Gasteiger charge is 2.24. The molecule has 0 saturated heterocycles. The van der Waals surface area contributed by atoms with Crippen molar-refractivity contribution in [3.63, 3.8) is 0 Å². The molecule has 2 aromatic carbocycles. The highest BCUT2D eigenvalue weighted by atomic mass is 32.2. The van der Waals surface area contributed by atoms with Crippen molar-refractivity contribution >= 4 is 19.9 Å². The summed E-state index contributed by atoms with van der Waals surface area (Å²) < 4.78 is 64.8. The van der Waals surface area contributed by atoms with Crippen LogP contribution in [-0.2, 0) is 35.8 Å². The van der Waals surface area contributed by atoms with Gasteiger partial charge >= 0.3 is 0 Å². The molecule has 0 fully saturated rings. The largest absolute Gasteiger partial charge is 0.381 e. The minimum atomic E-state index is -3.81. The summed E-state index contributed by atoms with van der Waals surface area (Å²) in [5, 5.41) is 0. The van der Waals surface area contributed by atoms with Gasteiger partial charge in [0.15, 0.2) is 9.84 Å². The maximum atomic E-state index is 12.8. The molecule has 172 valence electrons. The Balaban J connectivity index is 1.43. The van der Waals surface area contributed by atoms with Crippen molar-refractivity contribution in [3.8, 4) is 0 Å². The molecule has 2 aromatic rings. The second kappa shape index (κ2) is 9.84. The lowest BCUT2D eigenvalue weighted by molar-refractivity contribution is 0.0460. The quantitative estimate of drug-likeness (QED) is 0.616. The molecule has 0 spiro atoms. The minimum absolute atomic E-state index is 0.0163. The number of nitrogens with one attached hydrogen (secondary N) is 1. The summed E-state index contributed by atoms with van der Waals surface area (Å²) in [6, 6.07) is 13.2. The Kier molecular flexibility index (Phi) is 7.11. The summed E-state index contributed by atoms with van der Waals surface area (Å²) in [6.07, 6.45) is 3.65. The first kappa shape index (κ1) is 23.1. The van der Waals surface area contributed by atoms with Crippen molar-refractivity contribution < 1.29 is 26.3 Å². The minimum Gasteiger partial charge on any atom is -0.381 e. The van der Waals surface area contributed by atoms with Crippen LogP contribution in [0.5, 0.6) is 0 Å². The van der Waals surface area contributed by atoms with E-state index < -0.39 is 19.9 Å². The van der Waals surface area contributed by atoms with Crippen molar-refractivity contribution in [2.45, 2.75) is 35.2 Å². The highest BCUT2D eigenvalue weighted by molar-refractivity contribution is 7.91. The highest BCUT2D eigenvalue weighted by Crippen LogP contribution is 2.27. The first-order valence-electron chi connectivity index (χ1n) is 10.6. The Hall–Kier alpha value is -2.04. The Morgan fingerprint density at radius 3 is 2.44 bits per heavy atom. The van der Waals surface area contributed by atoms with E-state index in [2.05, 4.69) is 4.72 Å². The summed E-state index contributed by atoms with van der Waals surface area (Å²) in [4.78, 5) is 0.120. The number of rotatable bonds is 7. The molecule has 4 rings (SSSR count). The normalized spacial score (nSPS) is 19.6. The molecule has 2 aliphatic rings. The predicted octanol–water partition coefficient (Wildman–Crippen LogP) is 2.79. The first-order valence-corrected chi connectivity index (χ1v) is 13.8. The van der Waals surface area contributed by atoms with Gasteiger partial charge in [0.1, 0.15) is 0 Å². The number of benzene rings is 2. The number of sulfone groups is 1. The van der Waals surface area contributed by atoms with Gasteiger partial charge in [-0.1, -0.05) is 35.9 Å². The van der Waals surface area contributed by atoms with Crippen molar-refractivity contribution in [3.05, 3.63) is 71.3 Å². The number of fused-ring (bicyclic) bond motifs is 1. The lowest BCUT2D eigenvalue weighted by Crippen LogP contribution is -2.32. The van der Waals surface area contributed by atoms with Crippen LogP contribution in [0.4, 0.5) is 0 Å². The van der Waals surface area contributed by atoms with Crippen LogP contribution < -0.4 is 4.72 Å². The molecular weight excluding hydrogens is 450 g/mol. The van der Waals surface area contributed by atoms with Crippen LogP contribution in [0.3, 0.4) is 0 Å². The third kappa shape index (κ3) is 5.47. The zero-order chi connectivity index (χ0) is 22.6. The van der Waals surface area contributed by atoms with Crippen molar-refractivity contribution in [1.82, 2.24) is 4.72 Å². The van der Waals surface area contributed by atoms with E-state index in [-0.39, 0.29) is 28.2 Å². The second-order valence-electron chi connectivity index (χ2n) is 7.90. The molecule has 0 saturated carbocycles. The van der Waals surface area contributed by atoms with Gasteiger partial charge < -0.3 is 9.47 Å². The standard InChI is InChI=1S/C23H27NO6S2/c25-31(26,17-18-4-3-13-29-14-11-18)20-7-9-21(10-8-20)32(27,28)24-16-23-22-6-2-1-5-19(22)12-15-30-23/h1-2,4-10,23-24H,3,11-17H2. The molecule has 0 bridgehead atoms. The molecule has 0 aromatic heterocycles. The van der Waals surface area contributed by atoms with Gasteiger partial charge in [-0.3, -0.25) is 0 Å². The van der Waals surface area contributed by atoms with Gasteiger partial charge in [0.2, 0.25) is 10.0 Å². The SMILES string of the molecule is O=S(=O)(CC1=CCCOCC1)c1ccc(S(=O)(=O)NCC2OCCc3ccccc32)cc1. The molecule has 7 nitrogen and oxygen atoms in total. The Bertz CT molecular complexity index is 1190. The molecule has 9 heteroatoms. The number of sulfonamides is 1. The fourth-order valence-corrected chi connectivity index (χ4v) is 6.45. The van der Waals surface area contributed by atoms with E-state index in [4.69, 9.17) is 9.47 Å². The third-order valence-electron chi connectivity index (χ3n) is 5.68. The van der Waals surface area contributed by atoms with E-state index in [1.165, 1.54) is 24.3 Å². The molecule has 2 heterocycles. The summed E-state index contributed by atoms with van der Waals surface area (Å²) in [6.45, 7) is 1.76. The van der Waals surface area contributed by atoms with Crippen LogP contribution in [0.2, 0.25) is 0 Å². The molecule has 0 aliphatic carbocycles. The Morgan fingerprint density at radius 2 is 1.62 bits per heavy atom. The smallest absolute Gasteiger partial charge is 0.240 e. The molecule has 32 heavy (non-hydrogen) atoms. The number of ether oxygens (including phenoxy) is 2. The zero-order valence-electron chi connectivity index (χ0n) is 17.7. The fourth-order valence-electron chi connectivity index (χ4n) is 3.95. The summed E-state index contributed by atoms with van der Waals surface area (Å²) in [5.41, 5.74) is 2.97. The van der Waals surface area contributed by atoms with Crippen LogP contribution in [0.15, 0.2) is 70.0 Å². The molecule has 1 N–H and O–H groups in total. The van der Waals surface area contributed by atoms with Crippen molar-refractivity contribution in [2.24, 2.45) is 0 Å². The fraction of sp³-hybridized carbons (Fsp3) is 0.391. The second-order valence-corrected chi connectivity index (χ2v) is 11.7. The zero-order valence-corrected chi connectivity index (χ0v) is 19.3. The molecule has 2 aliphatic heterocycles. The van der Waals surface area contributed by atoms with E-state index >= 15 is 0 Å². The van der Waals surface area contributed by atoms with Gasteiger partial charge in [-0.05, 0) is 54.7 Å².